The Bertz CT molecular complexity index is 443. The minimum Gasteiger partial charge on any atom is -0.383 e. The van der Waals surface area contributed by atoms with Gasteiger partial charge < -0.3 is 15.0 Å². The van der Waals surface area contributed by atoms with Crippen LogP contribution in [0.5, 0.6) is 0 Å². The van der Waals surface area contributed by atoms with Crippen molar-refractivity contribution in [3.63, 3.8) is 0 Å². The van der Waals surface area contributed by atoms with Crippen LogP contribution < -0.4 is 10.2 Å². The van der Waals surface area contributed by atoms with Crippen LogP contribution >= 0.6 is 11.6 Å². The highest BCUT2D eigenvalue weighted by Gasteiger charge is 2.25. The van der Waals surface area contributed by atoms with E-state index in [0.29, 0.717) is 6.04 Å². The van der Waals surface area contributed by atoms with E-state index in [-0.39, 0.29) is 5.41 Å². The first-order valence-electron chi connectivity index (χ1n) is 7.48. The van der Waals surface area contributed by atoms with E-state index in [4.69, 9.17) is 16.3 Å². The van der Waals surface area contributed by atoms with Crippen molar-refractivity contribution < 1.29 is 4.74 Å². The summed E-state index contributed by atoms with van der Waals surface area (Å²) in [6, 6.07) is 6.69. The average Bonchev–Trinajstić information content (AvgIpc) is 2.41. The molecule has 0 aliphatic heterocycles. The molecule has 1 N–H and O–H groups in total. The van der Waals surface area contributed by atoms with Crippen LogP contribution in [-0.2, 0) is 11.3 Å². The summed E-state index contributed by atoms with van der Waals surface area (Å²) in [5.74, 6) is 0. The molecule has 0 amide bonds. The number of hydrogen-bond acceptors (Lipinski definition) is 3. The Morgan fingerprint density at radius 1 is 1.33 bits per heavy atom. The zero-order chi connectivity index (χ0) is 16.0. The van der Waals surface area contributed by atoms with Crippen molar-refractivity contribution in [2.75, 3.05) is 32.2 Å². The molecule has 0 saturated heterocycles. The second-order valence-corrected chi connectivity index (χ2v) is 7.02. The predicted octanol–water partition coefficient (Wildman–Crippen LogP) is 3.95. The summed E-state index contributed by atoms with van der Waals surface area (Å²) in [5.41, 5.74) is 2.48. The van der Waals surface area contributed by atoms with Crippen LogP contribution in [0.4, 0.5) is 5.69 Å². The van der Waals surface area contributed by atoms with E-state index in [1.807, 2.05) is 6.07 Å². The molecular weight excluding hydrogens is 284 g/mol. The van der Waals surface area contributed by atoms with E-state index in [0.717, 1.165) is 30.4 Å². The minimum absolute atomic E-state index is 0.207. The largest absolute Gasteiger partial charge is 0.383 e. The molecule has 1 rings (SSSR count). The highest BCUT2D eigenvalue weighted by Crippen LogP contribution is 2.32. The van der Waals surface area contributed by atoms with E-state index in [1.54, 1.807) is 7.11 Å². The standard InChI is InChI=1S/C17H29ClN2O/c1-13(17(2,3)4)20(5)16-8-7-14(11-15(16)18)12-19-9-10-21-6/h7-8,11,13,19H,9-10,12H2,1-6H3. The predicted molar refractivity (Wildman–Crippen MR) is 92.4 cm³/mol. The molecular formula is C17H29ClN2O. The summed E-state index contributed by atoms with van der Waals surface area (Å²) in [4.78, 5) is 2.25. The van der Waals surface area contributed by atoms with Gasteiger partial charge in [0.05, 0.1) is 17.3 Å². The number of methoxy groups -OCH3 is 1. The Kier molecular flexibility index (Phi) is 6.98. The lowest BCUT2D eigenvalue weighted by Gasteiger charge is -2.37. The van der Waals surface area contributed by atoms with Gasteiger partial charge in [-0.3, -0.25) is 0 Å². The van der Waals surface area contributed by atoms with Gasteiger partial charge in [0, 0.05) is 33.3 Å². The van der Waals surface area contributed by atoms with Gasteiger partial charge in [0.15, 0.2) is 0 Å². The topological polar surface area (TPSA) is 24.5 Å². The normalized spacial score (nSPS) is 13.3. The van der Waals surface area contributed by atoms with Gasteiger partial charge in [0.25, 0.3) is 0 Å². The van der Waals surface area contributed by atoms with Crippen molar-refractivity contribution in [2.24, 2.45) is 5.41 Å². The van der Waals surface area contributed by atoms with E-state index < -0.39 is 0 Å². The zero-order valence-electron chi connectivity index (χ0n) is 14.2. The van der Waals surface area contributed by atoms with Crippen LogP contribution in [-0.4, -0.2) is 33.4 Å². The summed E-state index contributed by atoms with van der Waals surface area (Å²) in [5, 5.41) is 4.13. The lowest BCUT2D eigenvalue weighted by Crippen LogP contribution is -2.39. The Morgan fingerprint density at radius 2 is 2.00 bits per heavy atom. The molecule has 21 heavy (non-hydrogen) atoms. The molecule has 1 atom stereocenters. The minimum atomic E-state index is 0.207. The lowest BCUT2D eigenvalue weighted by molar-refractivity contribution is 0.199. The molecule has 1 unspecified atom stereocenters. The van der Waals surface area contributed by atoms with E-state index in [1.165, 1.54) is 5.56 Å². The van der Waals surface area contributed by atoms with Crippen molar-refractivity contribution in [3.05, 3.63) is 28.8 Å². The maximum Gasteiger partial charge on any atom is 0.0642 e. The molecule has 3 nitrogen and oxygen atoms in total. The third-order valence-corrected chi connectivity index (χ3v) is 4.34. The third kappa shape index (κ3) is 5.50. The van der Waals surface area contributed by atoms with Crippen molar-refractivity contribution in [2.45, 2.75) is 40.3 Å². The third-order valence-electron chi connectivity index (χ3n) is 4.04. The van der Waals surface area contributed by atoms with Crippen molar-refractivity contribution in [3.8, 4) is 0 Å². The molecule has 1 aromatic carbocycles. The fourth-order valence-electron chi connectivity index (χ4n) is 2.14. The van der Waals surface area contributed by atoms with Crippen molar-refractivity contribution in [1.29, 1.82) is 0 Å². The second kappa shape index (κ2) is 8.02. The van der Waals surface area contributed by atoms with E-state index in [2.05, 4.69) is 57.1 Å². The molecule has 0 aliphatic carbocycles. The first kappa shape index (κ1) is 18.3. The highest BCUT2D eigenvalue weighted by atomic mass is 35.5. The monoisotopic (exact) mass is 312 g/mol. The van der Waals surface area contributed by atoms with Crippen LogP contribution in [0.25, 0.3) is 0 Å². The maximum absolute atomic E-state index is 6.46. The quantitative estimate of drug-likeness (QED) is 0.772. The number of hydrogen-bond donors (Lipinski definition) is 1. The molecule has 0 spiro atoms. The van der Waals surface area contributed by atoms with Crippen LogP contribution in [0.2, 0.25) is 5.02 Å². The van der Waals surface area contributed by atoms with Crippen LogP contribution in [0, 0.1) is 5.41 Å². The Labute approximate surface area is 134 Å². The van der Waals surface area contributed by atoms with Gasteiger partial charge in [-0.2, -0.15) is 0 Å². The average molecular weight is 313 g/mol. The van der Waals surface area contributed by atoms with Crippen molar-refractivity contribution >= 4 is 17.3 Å². The van der Waals surface area contributed by atoms with E-state index >= 15 is 0 Å². The molecule has 1 aromatic rings. The molecule has 4 heteroatoms. The molecule has 0 radical (unpaired) electrons. The van der Waals surface area contributed by atoms with Gasteiger partial charge >= 0.3 is 0 Å². The molecule has 0 bridgehead atoms. The fraction of sp³-hybridized carbons (Fsp3) is 0.647. The molecule has 0 heterocycles. The number of halogens is 1. The summed E-state index contributed by atoms with van der Waals surface area (Å²) in [7, 11) is 3.81. The van der Waals surface area contributed by atoms with Gasteiger partial charge in [0.2, 0.25) is 0 Å². The molecule has 0 aromatic heterocycles. The van der Waals surface area contributed by atoms with Crippen LogP contribution in [0.1, 0.15) is 33.3 Å². The van der Waals surface area contributed by atoms with Gasteiger partial charge in [-0.05, 0) is 30.0 Å². The summed E-state index contributed by atoms with van der Waals surface area (Å²) < 4.78 is 5.02. The van der Waals surface area contributed by atoms with Gasteiger partial charge in [0.1, 0.15) is 0 Å². The molecule has 0 aliphatic rings. The smallest absolute Gasteiger partial charge is 0.0642 e. The summed E-state index contributed by atoms with van der Waals surface area (Å²) in [6.45, 7) is 11.3. The summed E-state index contributed by atoms with van der Waals surface area (Å²) in [6.07, 6.45) is 0. The Morgan fingerprint density at radius 3 is 2.52 bits per heavy atom. The second-order valence-electron chi connectivity index (χ2n) is 6.61. The van der Waals surface area contributed by atoms with Crippen molar-refractivity contribution in [1.82, 2.24) is 5.32 Å². The first-order chi connectivity index (χ1) is 9.77. The number of ether oxygens (including phenoxy) is 1. The van der Waals surface area contributed by atoms with Crippen LogP contribution in [0.3, 0.4) is 0 Å². The lowest BCUT2D eigenvalue weighted by atomic mass is 9.87. The molecule has 120 valence electrons. The van der Waals surface area contributed by atoms with Gasteiger partial charge in [-0.25, -0.2) is 0 Å². The summed E-state index contributed by atoms with van der Waals surface area (Å²) >= 11 is 6.46. The van der Waals surface area contributed by atoms with Gasteiger partial charge in [-0.15, -0.1) is 0 Å². The fourth-order valence-corrected chi connectivity index (χ4v) is 2.48. The Hall–Kier alpha value is -0.770. The number of benzene rings is 1. The first-order valence-corrected chi connectivity index (χ1v) is 7.86. The number of anilines is 1. The number of nitrogens with one attached hydrogen (secondary N) is 1. The highest BCUT2D eigenvalue weighted by molar-refractivity contribution is 6.33. The van der Waals surface area contributed by atoms with E-state index in [9.17, 15) is 0 Å². The molecule has 0 saturated carbocycles. The van der Waals surface area contributed by atoms with Gasteiger partial charge in [-0.1, -0.05) is 38.4 Å². The zero-order valence-corrected chi connectivity index (χ0v) is 14.9. The number of nitrogens with zero attached hydrogens (tertiary/aromatic N) is 1. The van der Waals surface area contributed by atoms with Crippen LogP contribution in [0.15, 0.2) is 18.2 Å². The SMILES string of the molecule is COCCNCc1ccc(N(C)C(C)C(C)(C)C)c(Cl)c1. The Balaban J connectivity index is 2.74. The maximum atomic E-state index is 6.46. The number of rotatable bonds is 7. The molecule has 0 fully saturated rings.